The highest BCUT2D eigenvalue weighted by atomic mass is 16.3. The summed E-state index contributed by atoms with van der Waals surface area (Å²) in [5.74, 6) is 1.95. The summed E-state index contributed by atoms with van der Waals surface area (Å²) in [6.45, 7) is 0.782. The van der Waals surface area contributed by atoms with E-state index in [1.165, 1.54) is 0 Å². The molecule has 7 heteroatoms. The summed E-state index contributed by atoms with van der Waals surface area (Å²) in [6, 6.07) is 15.9. The lowest BCUT2D eigenvalue weighted by atomic mass is 10.2. The fraction of sp³-hybridized carbons (Fsp3) is 0.211. The van der Waals surface area contributed by atoms with Gasteiger partial charge in [-0.2, -0.15) is 10.1 Å². The monoisotopic (exact) mass is 348 g/mol. The van der Waals surface area contributed by atoms with E-state index in [1.54, 1.807) is 0 Å². The van der Waals surface area contributed by atoms with Crippen molar-refractivity contribution in [2.45, 2.75) is 6.42 Å². The molecule has 7 nitrogen and oxygen atoms in total. The second-order valence-corrected chi connectivity index (χ2v) is 6.03. The first kappa shape index (κ1) is 16.3. The summed E-state index contributed by atoms with van der Waals surface area (Å²) < 4.78 is 1.83. The molecule has 0 atom stereocenters. The number of aliphatic hydroxyl groups excluding tert-OH is 1. The van der Waals surface area contributed by atoms with Gasteiger partial charge in [-0.3, -0.25) is 4.68 Å². The van der Waals surface area contributed by atoms with Crippen LogP contribution in [0.2, 0.25) is 0 Å². The van der Waals surface area contributed by atoms with E-state index in [0.29, 0.717) is 18.9 Å². The van der Waals surface area contributed by atoms with Gasteiger partial charge in [0.15, 0.2) is 5.82 Å². The molecule has 0 aliphatic carbocycles. The van der Waals surface area contributed by atoms with Gasteiger partial charge in [0.1, 0.15) is 5.82 Å². The van der Waals surface area contributed by atoms with E-state index in [2.05, 4.69) is 25.7 Å². The summed E-state index contributed by atoms with van der Waals surface area (Å²) in [4.78, 5) is 9.23. The molecular weight excluding hydrogens is 328 g/mol. The van der Waals surface area contributed by atoms with Crippen molar-refractivity contribution in [3.63, 3.8) is 0 Å². The molecule has 132 valence electrons. The highest BCUT2D eigenvalue weighted by Gasteiger charge is 2.12. The van der Waals surface area contributed by atoms with Crippen LogP contribution in [0, 0.1) is 0 Å². The predicted octanol–water partition coefficient (Wildman–Crippen LogP) is 3.05. The van der Waals surface area contributed by atoms with E-state index in [0.717, 1.165) is 33.4 Å². The number of nitrogens with one attached hydrogen (secondary N) is 2. The summed E-state index contributed by atoms with van der Waals surface area (Å²) in [5, 5.41) is 22.0. The Balaban J connectivity index is 1.73. The topological polar surface area (TPSA) is 87.9 Å². The molecule has 0 bridgehead atoms. The SMILES string of the molecule is Cn1nc(Nc2nc(NCCCO)c3ccccc3n2)c2ccccc21. The standard InChI is InChI=1S/C19H20N6O/c1-25-16-10-5-3-8-14(16)18(24-25)23-19-21-15-9-4-2-7-13(15)17(22-19)20-11-6-12-26/h2-5,7-10,26H,6,11-12H2,1H3,(H2,20,21,22,23,24). The third kappa shape index (κ3) is 3.04. The van der Waals surface area contributed by atoms with E-state index in [-0.39, 0.29) is 6.61 Å². The van der Waals surface area contributed by atoms with Crippen molar-refractivity contribution in [3.05, 3.63) is 48.5 Å². The van der Waals surface area contributed by atoms with Crippen LogP contribution in [0.25, 0.3) is 21.8 Å². The van der Waals surface area contributed by atoms with E-state index in [4.69, 9.17) is 5.11 Å². The zero-order valence-corrected chi connectivity index (χ0v) is 14.5. The maximum Gasteiger partial charge on any atom is 0.230 e. The van der Waals surface area contributed by atoms with Crippen LogP contribution in [0.4, 0.5) is 17.6 Å². The van der Waals surface area contributed by atoms with Gasteiger partial charge in [0.2, 0.25) is 5.95 Å². The Labute approximate surface area is 150 Å². The Hall–Kier alpha value is -3.19. The smallest absolute Gasteiger partial charge is 0.230 e. The second kappa shape index (κ2) is 6.97. The van der Waals surface area contributed by atoms with Gasteiger partial charge in [0.05, 0.1) is 11.0 Å². The third-order valence-corrected chi connectivity index (χ3v) is 4.22. The van der Waals surface area contributed by atoms with Crippen LogP contribution >= 0.6 is 0 Å². The Morgan fingerprint density at radius 3 is 2.58 bits per heavy atom. The Morgan fingerprint density at radius 1 is 0.962 bits per heavy atom. The van der Waals surface area contributed by atoms with Gasteiger partial charge in [0, 0.05) is 31.0 Å². The number of aromatic nitrogens is 4. The molecule has 0 aliphatic heterocycles. The van der Waals surface area contributed by atoms with Crippen molar-refractivity contribution < 1.29 is 5.11 Å². The number of hydrogen-bond acceptors (Lipinski definition) is 6. The van der Waals surface area contributed by atoms with Crippen LogP contribution in [-0.2, 0) is 7.05 Å². The van der Waals surface area contributed by atoms with E-state index < -0.39 is 0 Å². The molecule has 0 saturated carbocycles. The molecule has 4 aromatic rings. The molecule has 0 radical (unpaired) electrons. The second-order valence-electron chi connectivity index (χ2n) is 6.03. The van der Waals surface area contributed by atoms with Crippen LogP contribution in [0.3, 0.4) is 0 Å². The van der Waals surface area contributed by atoms with Crippen molar-refractivity contribution in [2.75, 3.05) is 23.8 Å². The van der Waals surface area contributed by atoms with Crippen molar-refractivity contribution in [3.8, 4) is 0 Å². The first-order valence-electron chi connectivity index (χ1n) is 8.56. The van der Waals surface area contributed by atoms with Crippen molar-refractivity contribution in [2.24, 2.45) is 7.05 Å². The number of rotatable bonds is 6. The predicted molar refractivity (Wildman–Crippen MR) is 104 cm³/mol. The van der Waals surface area contributed by atoms with Gasteiger partial charge in [-0.15, -0.1) is 0 Å². The molecular formula is C19H20N6O. The van der Waals surface area contributed by atoms with Gasteiger partial charge in [-0.05, 0) is 30.7 Å². The van der Waals surface area contributed by atoms with E-state index in [9.17, 15) is 0 Å². The minimum atomic E-state index is 0.140. The molecule has 0 fully saturated rings. The van der Waals surface area contributed by atoms with Crippen LogP contribution in [-0.4, -0.2) is 38.0 Å². The minimum Gasteiger partial charge on any atom is -0.396 e. The van der Waals surface area contributed by atoms with Gasteiger partial charge >= 0.3 is 0 Å². The lowest BCUT2D eigenvalue weighted by Crippen LogP contribution is -2.08. The van der Waals surface area contributed by atoms with Crippen LogP contribution in [0.15, 0.2) is 48.5 Å². The van der Waals surface area contributed by atoms with Crippen molar-refractivity contribution in [1.29, 1.82) is 0 Å². The van der Waals surface area contributed by atoms with Gasteiger partial charge in [0.25, 0.3) is 0 Å². The van der Waals surface area contributed by atoms with Crippen molar-refractivity contribution >= 4 is 39.4 Å². The summed E-state index contributed by atoms with van der Waals surface area (Å²) in [5.41, 5.74) is 1.88. The number of hydrogen-bond donors (Lipinski definition) is 3. The maximum absolute atomic E-state index is 9.01. The Morgan fingerprint density at radius 2 is 1.73 bits per heavy atom. The molecule has 4 rings (SSSR count). The number of aryl methyl sites for hydroxylation is 1. The molecule has 26 heavy (non-hydrogen) atoms. The number of anilines is 3. The minimum absolute atomic E-state index is 0.140. The molecule has 2 aromatic carbocycles. The molecule has 3 N–H and O–H groups in total. The third-order valence-electron chi connectivity index (χ3n) is 4.22. The summed E-state index contributed by atoms with van der Waals surface area (Å²) in [6.07, 6.45) is 0.659. The zero-order chi connectivity index (χ0) is 17.9. The quantitative estimate of drug-likeness (QED) is 0.464. The molecule has 0 spiro atoms. The van der Waals surface area contributed by atoms with E-state index >= 15 is 0 Å². The average molecular weight is 348 g/mol. The molecule has 0 unspecified atom stereocenters. The zero-order valence-electron chi connectivity index (χ0n) is 14.5. The van der Waals surface area contributed by atoms with Gasteiger partial charge < -0.3 is 15.7 Å². The molecule has 2 heterocycles. The summed E-state index contributed by atoms with van der Waals surface area (Å²) in [7, 11) is 1.91. The first-order valence-corrected chi connectivity index (χ1v) is 8.56. The number of aliphatic hydroxyl groups is 1. The fourth-order valence-corrected chi connectivity index (χ4v) is 2.97. The molecule has 0 amide bonds. The Kier molecular flexibility index (Phi) is 4.37. The number of para-hydroxylation sites is 2. The maximum atomic E-state index is 9.01. The van der Waals surface area contributed by atoms with E-state index in [1.807, 2.05) is 60.3 Å². The van der Waals surface area contributed by atoms with Crippen molar-refractivity contribution in [1.82, 2.24) is 19.7 Å². The number of fused-ring (bicyclic) bond motifs is 2. The number of benzene rings is 2. The normalized spacial score (nSPS) is 11.2. The number of nitrogens with zero attached hydrogens (tertiary/aromatic N) is 4. The highest BCUT2D eigenvalue weighted by molar-refractivity contribution is 5.93. The first-order chi connectivity index (χ1) is 12.8. The largest absolute Gasteiger partial charge is 0.396 e. The molecule has 0 saturated heterocycles. The van der Waals surface area contributed by atoms with Gasteiger partial charge in [-0.25, -0.2) is 4.98 Å². The fourth-order valence-electron chi connectivity index (χ4n) is 2.97. The highest BCUT2D eigenvalue weighted by Crippen LogP contribution is 2.27. The van der Waals surface area contributed by atoms with Crippen LogP contribution in [0.5, 0.6) is 0 Å². The summed E-state index contributed by atoms with van der Waals surface area (Å²) >= 11 is 0. The lowest BCUT2D eigenvalue weighted by Gasteiger charge is -2.10. The molecule has 0 aliphatic rings. The lowest BCUT2D eigenvalue weighted by molar-refractivity contribution is 0.292. The Bertz CT molecular complexity index is 1060. The molecule has 2 aromatic heterocycles. The van der Waals surface area contributed by atoms with Gasteiger partial charge in [-0.1, -0.05) is 24.3 Å². The van der Waals surface area contributed by atoms with Crippen LogP contribution in [0.1, 0.15) is 6.42 Å². The average Bonchev–Trinajstić information content (AvgIpc) is 2.98. The van der Waals surface area contributed by atoms with Crippen LogP contribution < -0.4 is 10.6 Å².